The topological polar surface area (TPSA) is 59.0 Å². The number of benzene rings is 1. The molecule has 2 heterocycles. The second-order valence-electron chi connectivity index (χ2n) is 6.89. The Balaban J connectivity index is 0.00000196. The number of rotatable bonds is 3. The van der Waals surface area contributed by atoms with Crippen LogP contribution in [0, 0.1) is 0 Å². The van der Waals surface area contributed by atoms with Crippen molar-refractivity contribution in [1.82, 2.24) is 20.4 Å². The molecule has 2 N–H and O–H groups in total. The van der Waals surface area contributed by atoms with Gasteiger partial charge in [0.15, 0.2) is 5.69 Å². The summed E-state index contributed by atoms with van der Waals surface area (Å²) in [4.78, 5) is 12.8. The van der Waals surface area contributed by atoms with Crippen molar-refractivity contribution in [3.63, 3.8) is 0 Å². The highest BCUT2D eigenvalue weighted by Gasteiger charge is 2.26. The molecule has 1 aliphatic heterocycles. The van der Waals surface area contributed by atoms with Gasteiger partial charge >= 0.3 is 0 Å². The molecule has 1 aromatic heterocycles. The van der Waals surface area contributed by atoms with Crippen molar-refractivity contribution in [2.24, 2.45) is 0 Å². The summed E-state index contributed by atoms with van der Waals surface area (Å²) in [5.41, 5.74) is 3.85. The zero-order valence-electron chi connectivity index (χ0n) is 14.6. The number of hydrogen-bond donors (Lipinski definition) is 2. The molecule has 0 radical (unpaired) electrons. The summed E-state index contributed by atoms with van der Waals surface area (Å²) in [5.74, 6) is -0.0421. The predicted octanol–water partition coefficient (Wildman–Crippen LogP) is 3.31. The lowest BCUT2D eigenvalue weighted by Crippen LogP contribution is -2.36. The van der Waals surface area contributed by atoms with Gasteiger partial charge in [-0.25, -0.2) is 4.68 Å². The van der Waals surface area contributed by atoms with Crippen LogP contribution in [0.3, 0.4) is 0 Å². The van der Waals surface area contributed by atoms with Gasteiger partial charge in [0, 0.05) is 28.9 Å². The van der Waals surface area contributed by atoms with Gasteiger partial charge in [-0.15, -0.1) is 12.4 Å². The monoisotopic (exact) mass is 394 g/mol. The molecule has 5 nitrogen and oxygen atoms in total. The summed E-state index contributed by atoms with van der Waals surface area (Å²) in [5, 5.41) is 11.8. The Kier molecular flexibility index (Phi) is 6.22. The van der Waals surface area contributed by atoms with Gasteiger partial charge in [0.2, 0.25) is 0 Å². The molecule has 4 rings (SSSR count). The molecule has 2 aliphatic rings. The van der Waals surface area contributed by atoms with Gasteiger partial charge in [0.05, 0.1) is 5.69 Å². The molecule has 2 aromatic rings. The van der Waals surface area contributed by atoms with E-state index in [2.05, 4.69) is 10.6 Å². The number of carbonyl (C=O) groups excluding carboxylic acids is 1. The number of halogens is 2. The molecule has 7 heteroatoms. The molecule has 1 aromatic carbocycles. The Labute approximate surface area is 164 Å². The number of hydrogen-bond acceptors (Lipinski definition) is 3. The minimum atomic E-state index is -0.0421. The van der Waals surface area contributed by atoms with E-state index < -0.39 is 0 Å². The lowest BCUT2D eigenvalue weighted by Gasteiger charge is -2.10. The van der Waals surface area contributed by atoms with Gasteiger partial charge in [-0.05, 0) is 62.9 Å². The lowest BCUT2D eigenvalue weighted by atomic mass is 10.1. The van der Waals surface area contributed by atoms with Crippen LogP contribution >= 0.6 is 24.0 Å². The van der Waals surface area contributed by atoms with Crippen LogP contribution < -0.4 is 10.6 Å². The molecule has 1 atom stereocenters. The van der Waals surface area contributed by atoms with Crippen molar-refractivity contribution in [3.8, 4) is 5.69 Å². The van der Waals surface area contributed by atoms with Crippen molar-refractivity contribution in [2.75, 3.05) is 13.1 Å². The minimum Gasteiger partial charge on any atom is -0.347 e. The summed E-state index contributed by atoms with van der Waals surface area (Å²) in [7, 11) is 0. The fraction of sp³-hybridized carbons (Fsp3) is 0.474. The summed E-state index contributed by atoms with van der Waals surface area (Å²) in [6, 6.07) is 7.86. The molecule has 1 amide bonds. The first-order chi connectivity index (χ1) is 12.2. The minimum absolute atomic E-state index is 0. The zero-order valence-corrected chi connectivity index (χ0v) is 16.2. The highest BCUT2D eigenvalue weighted by atomic mass is 35.5. The highest BCUT2D eigenvalue weighted by Crippen LogP contribution is 2.27. The number of nitrogens with one attached hydrogen (secondary N) is 2. The van der Waals surface area contributed by atoms with Gasteiger partial charge in [-0.2, -0.15) is 5.10 Å². The molecule has 1 aliphatic carbocycles. The van der Waals surface area contributed by atoms with Crippen molar-refractivity contribution >= 4 is 29.9 Å². The van der Waals surface area contributed by atoms with Crippen LogP contribution in [0.1, 0.15) is 47.4 Å². The molecule has 0 bridgehead atoms. The first-order valence-electron chi connectivity index (χ1n) is 9.10. The second-order valence-corrected chi connectivity index (χ2v) is 7.32. The number of amides is 1. The molecule has 1 saturated heterocycles. The highest BCUT2D eigenvalue weighted by molar-refractivity contribution is 6.30. The van der Waals surface area contributed by atoms with Gasteiger partial charge in [0.1, 0.15) is 0 Å². The average Bonchev–Trinajstić information content (AvgIpc) is 3.17. The van der Waals surface area contributed by atoms with Crippen molar-refractivity contribution in [1.29, 1.82) is 0 Å². The smallest absolute Gasteiger partial charge is 0.272 e. The van der Waals surface area contributed by atoms with E-state index in [-0.39, 0.29) is 24.4 Å². The quantitative estimate of drug-likeness (QED) is 0.784. The van der Waals surface area contributed by atoms with Crippen molar-refractivity contribution in [2.45, 2.75) is 44.6 Å². The summed E-state index contributed by atoms with van der Waals surface area (Å²) < 4.78 is 1.94. The van der Waals surface area contributed by atoms with E-state index in [9.17, 15) is 4.79 Å². The van der Waals surface area contributed by atoms with Gasteiger partial charge in [-0.1, -0.05) is 18.0 Å². The summed E-state index contributed by atoms with van der Waals surface area (Å²) in [6.45, 7) is 1.80. The van der Waals surface area contributed by atoms with Crippen molar-refractivity contribution < 1.29 is 4.79 Å². The van der Waals surface area contributed by atoms with E-state index in [0.717, 1.165) is 56.4 Å². The molecule has 26 heavy (non-hydrogen) atoms. The summed E-state index contributed by atoms with van der Waals surface area (Å²) >= 11 is 6.02. The van der Waals surface area contributed by atoms with Crippen LogP contribution in [0.2, 0.25) is 5.02 Å². The first-order valence-corrected chi connectivity index (χ1v) is 9.48. The third-order valence-electron chi connectivity index (χ3n) is 5.11. The molecule has 140 valence electrons. The maximum Gasteiger partial charge on any atom is 0.272 e. The number of fused-ring (bicyclic) bond motifs is 1. The molecule has 0 saturated carbocycles. The lowest BCUT2D eigenvalue weighted by molar-refractivity contribution is 0.0933. The Morgan fingerprint density at radius 1 is 1.19 bits per heavy atom. The average molecular weight is 395 g/mol. The summed E-state index contributed by atoms with van der Waals surface area (Å²) in [6.07, 6.45) is 6.32. The Hall–Kier alpha value is -1.56. The third-order valence-corrected chi connectivity index (χ3v) is 5.36. The van der Waals surface area contributed by atoms with Crippen molar-refractivity contribution in [3.05, 3.63) is 46.2 Å². The SMILES string of the molecule is Cl.O=C(NC1CCNC1)c1nn(-c2ccc(Cl)cc2)c2c1CCCCC2. The first kappa shape index (κ1) is 19.2. The zero-order chi connectivity index (χ0) is 17.2. The molecular weight excluding hydrogens is 371 g/mol. The standard InChI is InChI=1S/C19H23ClN4O.ClH/c20-13-6-8-15(9-7-13)24-17-5-3-1-2-4-16(17)18(23-24)19(25)22-14-10-11-21-12-14;/h6-9,14,21H,1-5,10-12H2,(H,22,25);1H. The van der Waals surface area contributed by atoms with E-state index >= 15 is 0 Å². The van der Waals surface area contributed by atoms with Gasteiger partial charge in [-0.3, -0.25) is 4.79 Å². The van der Waals surface area contributed by atoms with Crippen LogP contribution in [0.25, 0.3) is 5.69 Å². The molecule has 1 unspecified atom stereocenters. The molecular formula is C19H24Cl2N4O. The normalized spacial score (nSPS) is 19.3. The van der Waals surface area contributed by atoms with E-state index in [1.165, 1.54) is 12.1 Å². The van der Waals surface area contributed by atoms with Crippen LogP contribution in [-0.4, -0.2) is 34.8 Å². The van der Waals surface area contributed by atoms with Crippen LogP contribution in [-0.2, 0) is 12.8 Å². The van der Waals surface area contributed by atoms with Crippen LogP contribution in [0.4, 0.5) is 0 Å². The third kappa shape index (κ3) is 3.90. The van der Waals surface area contributed by atoms with E-state index in [4.69, 9.17) is 16.7 Å². The second kappa shape index (κ2) is 8.42. The number of nitrogens with zero attached hydrogens (tertiary/aromatic N) is 2. The van der Waals surface area contributed by atoms with Gasteiger partial charge < -0.3 is 10.6 Å². The van der Waals surface area contributed by atoms with E-state index in [1.807, 2.05) is 28.9 Å². The maximum atomic E-state index is 12.8. The van der Waals surface area contributed by atoms with Gasteiger partial charge in [0.25, 0.3) is 5.91 Å². The van der Waals surface area contributed by atoms with Crippen LogP contribution in [0.5, 0.6) is 0 Å². The largest absolute Gasteiger partial charge is 0.347 e. The molecule has 0 spiro atoms. The van der Waals surface area contributed by atoms with Crippen LogP contribution in [0.15, 0.2) is 24.3 Å². The fourth-order valence-corrected chi connectivity index (χ4v) is 3.91. The molecule has 1 fully saturated rings. The Bertz CT molecular complexity index is 767. The number of aromatic nitrogens is 2. The van der Waals surface area contributed by atoms with E-state index in [0.29, 0.717) is 10.7 Å². The maximum absolute atomic E-state index is 12.8. The number of carbonyl (C=O) groups is 1. The Morgan fingerprint density at radius 3 is 2.69 bits per heavy atom. The fourth-order valence-electron chi connectivity index (χ4n) is 3.79. The van der Waals surface area contributed by atoms with E-state index in [1.54, 1.807) is 0 Å². The predicted molar refractivity (Wildman–Crippen MR) is 106 cm³/mol. The Morgan fingerprint density at radius 2 is 1.96 bits per heavy atom.